The number of carbonyl (C=O) groups excluding carboxylic acids is 3. The first-order valence-corrected chi connectivity index (χ1v) is 10.1. The van der Waals surface area contributed by atoms with Crippen LogP contribution in [0.4, 0.5) is 0 Å². The van der Waals surface area contributed by atoms with Crippen LogP contribution in [-0.2, 0) is 19.1 Å². The van der Waals surface area contributed by atoms with Crippen LogP contribution in [0.2, 0.25) is 0 Å². The zero-order valence-electron chi connectivity index (χ0n) is 16.9. The van der Waals surface area contributed by atoms with Crippen LogP contribution < -0.4 is 0 Å². The van der Waals surface area contributed by atoms with E-state index < -0.39 is 23.5 Å². The molecule has 0 heterocycles. The molecule has 0 aliphatic heterocycles. The highest BCUT2D eigenvalue weighted by atomic mass is 16.5. The van der Waals surface area contributed by atoms with E-state index >= 15 is 0 Å². The fourth-order valence-corrected chi connectivity index (χ4v) is 5.93. The lowest BCUT2D eigenvalue weighted by Gasteiger charge is -2.54. The summed E-state index contributed by atoms with van der Waals surface area (Å²) >= 11 is 0. The van der Waals surface area contributed by atoms with Gasteiger partial charge in [0.25, 0.3) is 0 Å². The smallest absolute Gasteiger partial charge is 0.302 e. The van der Waals surface area contributed by atoms with Crippen molar-refractivity contribution >= 4 is 17.5 Å². The minimum Gasteiger partial charge on any atom is -0.461 e. The van der Waals surface area contributed by atoms with Crippen LogP contribution in [0.15, 0.2) is 12.2 Å². The van der Waals surface area contributed by atoms with Crippen molar-refractivity contribution in [3.05, 3.63) is 12.2 Å². The van der Waals surface area contributed by atoms with Crippen molar-refractivity contribution in [1.29, 1.82) is 0 Å². The lowest BCUT2D eigenvalue weighted by atomic mass is 9.51. The average molecular weight is 376 g/mol. The second-order valence-corrected chi connectivity index (χ2v) is 9.65. The van der Waals surface area contributed by atoms with E-state index in [2.05, 4.69) is 20.4 Å². The Morgan fingerprint density at radius 1 is 1.19 bits per heavy atom. The van der Waals surface area contributed by atoms with Gasteiger partial charge in [-0.15, -0.1) is 0 Å². The molecule has 3 aliphatic carbocycles. The monoisotopic (exact) mass is 376 g/mol. The Labute approximate surface area is 161 Å². The van der Waals surface area contributed by atoms with Crippen LogP contribution in [-0.4, -0.2) is 34.9 Å². The van der Waals surface area contributed by atoms with Crippen LogP contribution in [0.3, 0.4) is 0 Å². The van der Waals surface area contributed by atoms with Gasteiger partial charge in [-0.1, -0.05) is 20.4 Å². The maximum Gasteiger partial charge on any atom is 0.302 e. The SMILES string of the molecule is C=C1C(=O)C2C[C@H]1CCC(=O)[C@@]1(C)[C@H](C[C@H]2O)C(C)(C)CC[C@H]1OC(C)=O. The van der Waals surface area contributed by atoms with Crippen molar-refractivity contribution in [2.45, 2.75) is 78.4 Å². The molecule has 3 aliphatic rings. The molecule has 6 atom stereocenters. The molecular formula is C22H32O5. The van der Waals surface area contributed by atoms with Gasteiger partial charge in [0.15, 0.2) is 5.78 Å². The van der Waals surface area contributed by atoms with Gasteiger partial charge in [-0.2, -0.15) is 0 Å². The third-order valence-electron chi connectivity index (χ3n) is 7.64. The van der Waals surface area contributed by atoms with E-state index in [0.717, 1.165) is 6.42 Å². The summed E-state index contributed by atoms with van der Waals surface area (Å²) in [6.45, 7) is 11.4. The molecule has 27 heavy (non-hydrogen) atoms. The van der Waals surface area contributed by atoms with Gasteiger partial charge in [0.2, 0.25) is 0 Å². The summed E-state index contributed by atoms with van der Waals surface area (Å²) in [6.07, 6.45) is 2.03. The van der Waals surface area contributed by atoms with Gasteiger partial charge in [0.05, 0.1) is 11.5 Å². The van der Waals surface area contributed by atoms with Crippen LogP contribution in [0.1, 0.15) is 66.2 Å². The molecule has 150 valence electrons. The molecule has 5 heteroatoms. The summed E-state index contributed by atoms with van der Waals surface area (Å²) in [5, 5.41) is 11.0. The molecule has 1 N–H and O–H groups in total. The summed E-state index contributed by atoms with van der Waals surface area (Å²) in [6, 6.07) is 0. The fraction of sp³-hybridized carbons (Fsp3) is 0.773. The first kappa shape index (κ1) is 20.2. The van der Waals surface area contributed by atoms with Gasteiger partial charge >= 0.3 is 5.97 Å². The summed E-state index contributed by atoms with van der Waals surface area (Å²) in [4.78, 5) is 37.8. The highest BCUT2D eigenvalue weighted by Crippen LogP contribution is 2.56. The van der Waals surface area contributed by atoms with Gasteiger partial charge < -0.3 is 9.84 Å². The first-order valence-electron chi connectivity index (χ1n) is 10.1. The summed E-state index contributed by atoms with van der Waals surface area (Å²) in [5.41, 5.74) is -0.493. The maximum atomic E-state index is 13.5. The van der Waals surface area contributed by atoms with Crippen LogP contribution >= 0.6 is 0 Å². The molecule has 3 rings (SSSR count). The number of esters is 1. The minimum atomic E-state index is -0.852. The molecule has 0 aromatic carbocycles. The van der Waals surface area contributed by atoms with E-state index in [1.54, 1.807) is 0 Å². The number of Topliss-reactive ketones (excluding diaryl/α,β-unsaturated/α-hetero) is 2. The van der Waals surface area contributed by atoms with Crippen LogP contribution in [0.25, 0.3) is 0 Å². The number of ketones is 2. The lowest BCUT2D eigenvalue weighted by molar-refractivity contribution is -0.178. The quantitative estimate of drug-likeness (QED) is 0.561. The van der Waals surface area contributed by atoms with Gasteiger partial charge in [-0.3, -0.25) is 14.4 Å². The first-order chi connectivity index (χ1) is 12.5. The normalized spacial score (nSPS) is 41.8. The van der Waals surface area contributed by atoms with Gasteiger partial charge in [0.1, 0.15) is 11.9 Å². The molecule has 0 aromatic heterocycles. The van der Waals surface area contributed by atoms with Crippen molar-refractivity contribution in [3.8, 4) is 0 Å². The molecule has 3 fully saturated rings. The van der Waals surface area contributed by atoms with Gasteiger partial charge in [-0.25, -0.2) is 0 Å². The van der Waals surface area contributed by atoms with Crippen molar-refractivity contribution in [1.82, 2.24) is 0 Å². The minimum absolute atomic E-state index is 0.0370. The Morgan fingerprint density at radius 2 is 1.85 bits per heavy atom. The highest BCUT2D eigenvalue weighted by Gasteiger charge is 2.58. The molecule has 0 saturated heterocycles. The average Bonchev–Trinajstić information content (AvgIpc) is 2.86. The molecule has 1 unspecified atom stereocenters. The van der Waals surface area contributed by atoms with Crippen molar-refractivity contribution < 1.29 is 24.2 Å². The Hall–Kier alpha value is -1.49. The molecule has 0 amide bonds. The Morgan fingerprint density at radius 3 is 2.48 bits per heavy atom. The maximum absolute atomic E-state index is 13.5. The molecule has 2 bridgehead atoms. The highest BCUT2D eigenvalue weighted by molar-refractivity contribution is 6.00. The number of carbonyl (C=O) groups is 3. The molecule has 0 spiro atoms. The largest absolute Gasteiger partial charge is 0.461 e. The standard InChI is InChI=1S/C22H32O5/c1-12-14-6-7-18(25)22(5)17(11-16(24)15(10-14)20(12)26)21(3,4)9-8-19(22)27-13(2)23/h14-17,19,24H,1,6-11H2,2-5H3/t14-,15?,16-,17-,19-,22-/m1/s1. The Balaban J connectivity index is 2.04. The van der Waals surface area contributed by atoms with Crippen LogP contribution in [0.5, 0.6) is 0 Å². The second-order valence-electron chi connectivity index (χ2n) is 9.65. The number of hydrogen-bond acceptors (Lipinski definition) is 5. The van der Waals surface area contributed by atoms with Crippen LogP contribution in [0, 0.1) is 28.6 Å². The van der Waals surface area contributed by atoms with E-state index in [1.807, 2.05) is 6.92 Å². The van der Waals surface area contributed by atoms with Crippen molar-refractivity contribution in [2.24, 2.45) is 28.6 Å². The number of fused-ring (bicyclic) bond motifs is 3. The third-order valence-corrected chi connectivity index (χ3v) is 7.64. The summed E-state index contributed by atoms with van der Waals surface area (Å²) in [7, 11) is 0. The molecular weight excluding hydrogens is 344 g/mol. The zero-order chi connectivity index (χ0) is 20.1. The topological polar surface area (TPSA) is 80.7 Å². The van der Waals surface area contributed by atoms with E-state index in [-0.39, 0.29) is 34.8 Å². The summed E-state index contributed by atoms with van der Waals surface area (Å²) in [5.74, 6) is -0.981. The van der Waals surface area contributed by atoms with Crippen molar-refractivity contribution in [3.63, 3.8) is 0 Å². The van der Waals surface area contributed by atoms with E-state index in [9.17, 15) is 19.5 Å². The predicted molar refractivity (Wildman–Crippen MR) is 101 cm³/mol. The lowest BCUT2D eigenvalue weighted by Crippen LogP contribution is -2.57. The number of rotatable bonds is 1. The number of hydrogen-bond donors (Lipinski definition) is 1. The number of ether oxygens (including phenoxy) is 1. The molecule has 5 nitrogen and oxygen atoms in total. The van der Waals surface area contributed by atoms with Gasteiger partial charge in [0, 0.05) is 19.3 Å². The van der Waals surface area contributed by atoms with Crippen molar-refractivity contribution in [2.75, 3.05) is 0 Å². The Bertz CT molecular complexity index is 678. The molecule has 0 radical (unpaired) electrons. The summed E-state index contributed by atoms with van der Waals surface area (Å²) < 4.78 is 5.62. The number of allylic oxidation sites excluding steroid dienone is 1. The van der Waals surface area contributed by atoms with E-state index in [0.29, 0.717) is 37.7 Å². The van der Waals surface area contributed by atoms with E-state index in [4.69, 9.17) is 4.74 Å². The zero-order valence-corrected chi connectivity index (χ0v) is 16.9. The Kier molecular flexibility index (Phi) is 5.13. The molecule has 0 aromatic rings. The fourth-order valence-electron chi connectivity index (χ4n) is 5.93. The predicted octanol–water partition coefficient (Wildman–Crippen LogP) is 3.24. The second kappa shape index (κ2) is 6.84. The third kappa shape index (κ3) is 3.28. The number of aliphatic hydroxyl groups is 1. The van der Waals surface area contributed by atoms with Gasteiger partial charge in [-0.05, 0) is 61.9 Å². The van der Waals surface area contributed by atoms with E-state index in [1.165, 1.54) is 6.92 Å². The number of aliphatic hydroxyl groups excluding tert-OH is 1. The molecule has 3 saturated carbocycles.